The lowest BCUT2D eigenvalue weighted by molar-refractivity contribution is -0.162. The molecule has 0 saturated carbocycles. The first kappa shape index (κ1) is 46.3. The summed E-state index contributed by atoms with van der Waals surface area (Å²) < 4.78 is 17.1. The molecule has 0 aromatic carbocycles. The SMILES string of the molecule is CCCCCCCCCCCCCCCCOCC(O)CN(CCO)C(=O)CCCCCCCCCCCCCCCOC1CCCCO1. The Morgan fingerprint density at radius 3 is 1.61 bits per heavy atom. The van der Waals surface area contributed by atoms with Crippen LogP contribution in [-0.2, 0) is 19.0 Å². The van der Waals surface area contributed by atoms with E-state index in [1.165, 1.54) is 161 Å². The van der Waals surface area contributed by atoms with Gasteiger partial charge in [-0.15, -0.1) is 0 Å². The number of carbonyl (C=O) groups excluding carboxylic acids is 1. The minimum atomic E-state index is -0.705. The molecular weight excluding hydrogens is 614 g/mol. The van der Waals surface area contributed by atoms with Crippen LogP contribution < -0.4 is 0 Å². The minimum absolute atomic E-state index is 0.0332. The van der Waals surface area contributed by atoms with E-state index >= 15 is 0 Å². The number of aliphatic hydroxyl groups is 2. The Morgan fingerprint density at radius 2 is 1.14 bits per heavy atom. The molecule has 2 unspecified atom stereocenters. The van der Waals surface area contributed by atoms with Gasteiger partial charge in [0.15, 0.2) is 6.29 Å². The monoisotopic (exact) mass is 698 g/mol. The first-order valence-corrected chi connectivity index (χ1v) is 21.5. The third-order valence-corrected chi connectivity index (χ3v) is 10.1. The van der Waals surface area contributed by atoms with Crippen molar-refractivity contribution in [2.45, 2.75) is 218 Å². The number of nitrogens with zero attached hydrogens (tertiary/aromatic N) is 1. The van der Waals surface area contributed by atoms with Crippen LogP contribution in [0.25, 0.3) is 0 Å². The number of amides is 1. The molecule has 0 aliphatic carbocycles. The molecule has 1 fully saturated rings. The summed E-state index contributed by atoms with van der Waals surface area (Å²) in [6.45, 7) is 5.33. The number of aliphatic hydroxyl groups excluding tert-OH is 2. The van der Waals surface area contributed by atoms with E-state index in [0.29, 0.717) is 13.0 Å². The molecular formula is C42H83NO6. The van der Waals surface area contributed by atoms with Gasteiger partial charge in [0.1, 0.15) is 0 Å². The summed E-state index contributed by atoms with van der Waals surface area (Å²) in [7, 11) is 0. The van der Waals surface area contributed by atoms with Crippen LogP contribution in [0.1, 0.15) is 206 Å². The van der Waals surface area contributed by atoms with Crippen LogP contribution in [0.15, 0.2) is 0 Å². The molecule has 0 radical (unpaired) electrons. The van der Waals surface area contributed by atoms with Crippen LogP contribution >= 0.6 is 0 Å². The van der Waals surface area contributed by atoms with Gasteiger partial charge in [-0.3, -0.25) is 4.79 Å². The van der Waals surface area contributed by atoms with Crippen LogP contribution in [0, 0.1) is 0 Å². The van der Waals surface area contributed by atoms with E-state index in [-0.39, 0.29) is 38.5 Å². The fourth-order valence-electron chi connectivity index (χ4n) is 6.90. The molecule has 2 N–H and O–H groups in total. The van der Waals surface area contributed by atoms with Crippen molar-refractivity contribution in [1.82, 2.24) is 4.90 Å². The lowest BCUT2D eigenvalue weighted by atomic mass is 10.0. The van der Waals surface area contributed by atoms with E-state index in [0.717, 1.165) is 45.3 Å². The molecule has 7 heteroatoms. The summed E-state index contributed by atoms with van der Waals surface area (Å²) in [5, 5.41) is 19.9. The number of ether oxygens (including phenoxy) is 3. The number of unbranched alkanes of at least 4 members (excludes halogenated alkanes) is 25. The van der Waals surface area contributed by atoms with Gasteiger partial charge < -0.3 is 29.3 Å². The summed E-state index contributed by atoms with van der Waals surface area (Å²) in [6, 6.07) is 0. The summed E-state index contributed by atoms with van der Waals surface area (Å²) in [5.74, 6) is 0.0332. The predicted octanol–water partition coefficient (Wildman–Crippen LogP) is 10.7. The average Bonchev–Trinajstić information content (AvgIpc) is 3.11. The highest BCUT2D eigenvalue weighted by Crippen LogP contribution is 2.17. The van der Waals surface area contributed by atoms with Gasteiger partial charge in [-0.05, 0) is 38.5 Å². The molecule has 0 bridgehead atoms. The van der Waals surface area contributed by atoms with Gasteiger partial charge in [-0.25, -0.2) is 0 Å². The average molecular weight is 698 g/mol. The van der Waals surface area contributed by atoms with E-state index in [2.05, 4.69) is 6.92 Å². The van der Waals surface area contributed by atoms with Crippen LogP contribution in [0.4, 0.5) is 0 Å². The maximum absolute atomic E-state index is 12.7. The summed E-state index contributed by atoms with van der Waals surface area (Å²) in [5.41, 5.74) is 0. The molecule has 0 spiro atoms. The topological polar surface area (TPSA) is 88.5 Å². The highest BCUT2D eigenvalue weighted by atomic mass is 16.7. The largest absolute Gasteiger partial charge is 0.395 e. The molecule has 49 heavy (non-hydrogen) atoms. The summed E-state index contributed by atoms with van der Waals surface area (Å²) in [6.07, 6.45) is 38.1. The van der Waals surface area contributed by atoms with Gasteiger partial charge in [0.25, 0.3) is 0 Å². The van der Waals surface area contributed by atoms with Gasteiger partial charge in [-0.2, -0.15) is 0 Å². The first-order valence-electron chi connectivity index (χ1n) is 21.5. The van der Waals surface area contributed by atoms with E-state index in [1.807, 2.05) is 0 Å². The number of carbonyl (C=O) groups is 1. The van der Waals surface area contributed by atoms with Crippen molar-refractivity contribution in [3.8, 4) is 0 Å². The molecule has 7 nitrogen and oxygen atoms in total. The van der Waals surface area contributed by atoms with Gasteiger partial charge >= 0.3 is 0 Å². The first-order chi connectivity index (χ1) is 24.2. The standard InChI is InChI=1S/C42H83NO6/c1-2-3-4-5-6-7-8-9-12-15-18-21-24-28-35-47-39-40(45)38-43(33-34-44)41(46)31-26-23-20-17-14-11-10-13-16-19-22-25-29-36-48-42-32-27-30-37-49-42/h40,42,44-45H,2-39H2,1H3. The Labute approximate surface area is 304 Å². The molecule has 1 aliphatic rings. The highest BCUT2D eigenvalue weighted by molar-refractivity contribution is 5.76. The Balaban J connectivity index is 1.86. The normalized spacial score (nSPS) is 15.5. The summed E-state index contributed by atoms with van der Waals surface area (Å²) >= 11 is 0. The molecule has 292 valence electrons. The van der Waals surface area contributed by atoms with Crippen molar-refractivity contribution in [1.29, 1.82) is 0 Å². The van der Waals surface area contributed by atoms with Gasteiger partial charge in [0.05, 0.1) is 19.3 Å². The van der Waals surface area contributed by atoms with Gasteiger partial charge in [0, 0.05) is 39.3 Å². The smallest absolute Gasteiger partial charge is 0.222 e. The van der Waals surface area contributed by atoms with Gasteiger partial charge in [0.2, 0.25) is 5.91 Å². The van der Waals surface area contributed by atoms with Crippen molar-refractivity contribution < 1.29 is 29.2 Å². The van der Waals surface area contributed by atoms with Crippen molar-refractivity contribution in [3.63, 3.8) is 0 Å². The zero-order chi connectivity index (χ0) is 35.3. The molecule has 1 aliphatic heterocycles. The Kier molecular flexibility index (Phi) is 35.0. The molecule has 0 aromatic rings. The molecule has 1 rings (SSSR count). The third-order valence-electron chi connectivity index (χ3n) is 10.1. The molecule has 1 saturated heterocycles. The van der Waals surface area contributed by atoms with Crippen LogP contribution in [0.5, 0.6) is 0 Å². The Morgan fingerprint density at radius 1 is 0.673 bits per heavy atom. The minimum Gasteiger partial charge on any atom is -0.395 e. The number of hydrogen-bond donors (Lipinski definition) is 2. The maximum Gasteiger partial charge on any atom is 0.222 e. The zero-order valence-electron chi connectivity index (χ0n) is 32.5. The Hall–Kier alpha value is -0.730. The van der Waals surface area contributed by atoms with Gasteiger partial charge in [-0.1, -0.05) is 161 Å². The molecule has 2 atom stereocenters. The fourth-order valence-corrected chi connectivity index (χ4v) is 6.90. The Bertz CT molecular complexity index is 674. The fraction of sp³-hybridized carbons (Fsp3) is 0.976. The third kappa shape index (κ3) is 31.7. The van der Waals surface area contributed by atoms with E-state index in [4.69, 9.17) is 14.2 Å². The number of hydrogen-bond acceptors (Lipinski definition) is 6. The lowest BCUT2D eigenvalue weighted by Crippen LogP contribution is -2.40. The van der Waals surface area contributed by atoms with Crippen LogP contribution in [0.2, 0.25) is 0 Å². The van der Waals surface area contributed by atoms with Crippen LogP contribution in [0.3, 0.4) is 0 Å². The second-order valence-corrected chi connectivity index (χ2v) is 14.9. The van der Waals surface area contributed by atoms with Crippen LogP contribution in [-0.4, -0.2) is 79.5 Å². The van der Waals surface area contributed by atoms with Crippen molar-refractivity contribution in [3.05, 3.63) is 0 Å². The van der Waals surface area contributed by atoms with E-state index < -0.39 is 6.10 Å². The van der Waals surface area contributed by atoms with Crippen molar-refractivity contribution in [2.75, 3.05) is 46.1 Å². The van der Waals surface area contributed by atoms with E-state index in [1.54, 1.807) is 4.90 Å². The quantitative estimate of drug-likeness (QED) is 0.0624. The van der Waals surface area contributed by atoms with Crippen molar-refractivity contribution in [2.24, 2.45) is 0 Å². The molecule has 1 heterocycles. The van der Waals surface area contributed by atoms with Crippen molar-refractivity contribution >= 4 is 5.91 Å². The molecule has 0 aromatic heterocycles. The second-order valence-electron chi connectivity index (χ2n) is 14.9. The number of rotatable bonds is 38. The maximum atomic E-state index is 12.7. The lowest BCUT2D eigenvalue weighted by Gasteiger charge is -2.24. The second kappa shape index (κ2) is 37.0. The highest BCUT2D eigenvalue weighted by Gasteiger charge is 2.17. The molecule has 1 amide bonds. The predicted molar refractivity (Wildman–Crippen MR) is 205 cm³/mol. The summed E-state index contributed by atoms with van der Waals surface area (Å²) in [4.78, 5) is 14.4. The van der Waals surface area contributed by atoms with E-state index in [9.17, 15) is 15.0 Å². The zero-order valence-corrected chi connectivity index (χ0v) is 32.5.